The minimum atomic E-state index is 0.434. The lowest BCUT2D eigenvalue weighted by atomic mass is 10.4. The average molecular weight is 130 g/mol. The van der Waals surface area contributed by atoms with Gasteiger partial charge in [-0.2, -0.15) is 0 Å². The molecule has 0 unspecified atom stereocenters. The summed E-state index contributed by atoms with van der Waals surface area (Å²) >= 11 is 5.44. The Hall–Kier alpha value is -0.430. The third kappa shape index (κ3) is 1.04. The SMILES string of the molecule is [CH2]Cc1ccc(Cl)o1. The van der Waals surface area contributed by atoms with Crippen LogP contribution in [0.2, 0.25) is 5.22 Å². The van der Waals surface area contributed by atoms with E-state index in [4.69, 9.17) is 16.0 Å². The minimum Gasteiger partial charge on any atom is -0.450 e. The molecule has 0 saturated carbocycles. The van der Waals surface area contributed by atoms with Crippen LogP contribution in [0.15, 0.2) is 16.5 Å². The second kappa shape index (κ2) is 2.23. The lowest BCUT2D eigenvalue weighted by molar-refractivity contribution is 0.524. The second-order valence-electron chi connectivity index (χ2n) is 1.46. The van der Waals surface area contributed by atoms with Crippen LogP contribution < -0.4 is 0 Å². The van der Waals surface area contributed by atoms with E-state index < -0.39 is 0 Å². The molecular formula is C6H6ClO. The molecule has 0 N–H and O–H groups in total. The van der Waals surface area contributed by atoms with Crippen molar-refractivity contribution >= 4 is 11.6 Å². The molecule has 0 spiro atoms. The van der Waals surface area contributed by atoms with Gasteiger partial charge in [0.15, 0.2) is 5.22 Å². The lowest BCUT2D eigenvalue weighted by Crippen LogP contribution is -1.67. The Kier molecular flexibility index (Phi) is 1.59. The van der Waals surface area contributed by atoms with E-state index >= 15 is 0 Å². The molecule has 1 radical (unpaired) electrons. The predicted molar refractivity (Wildman–Crippen MR) is 32.8 cm³/mol. The van der Waals surface area contributed by atoms with Crippen molar-refractivity contribution in [3.63, 3.8) is 0 Å². The summed E-state index contributed by atoms with van der Waals surface area (Å²) in [5, 5.41) is 0.434. The zero-order valence-corrected chi connectivity index (χ0v) is 5.11. The van der Waals surface area contributed by atoms with Crippen LogP contribution in [0.1, 0.15) is 5.76 Å². The number of hydrogen-bond donors (Lipinski definition) is 0. The van der Waals surface area contributed by atoms with Crippen LogP contribution in [0.5, 0.6) is 0 Å². The molecule has 0 amide bonds. The Balaban J connectivity index is 2.84. The van der Waals surface area contributed by atoms with E-state index in [9.17, 15) is 0 Å². The Morgan fingerprint density at radius 1 is 1.62 bits per heavy atom. The standard InChI is InChI=1S/C6H6ClO/c1-2-5-3-4-6(7)8-5/h3-4H,1-2H2. The minimum absolute atomic E-state index is 0.434. The fraction of sp³-hybridized carbons (Fsp3) is 0.167. The first-order valence-corrected chi connectivity index (χ1v) is 2.74. The van der Waals surface area contributed by atoms with Crippen molar-refractivity contribution in [2.75, 3.05) is 0 Å². The molecule has 43 valence electrons. The largest absolute Gasteiger partial charge is 0.450 e. The van der Waals surface area contributed by atoms with Crippen LogP contribution in [-0.4, -0.2) is 0 Å². The summed E-state index contributed by atoms with van der Waals surface area (Å²) in [5.74, 6) is 0.829. The van der Waals surface area contributed by atoms with Gasteiger partial charge in [-0.3, -0.25) is 0 Å². The molecule has 8 heavy (non-hydrogen) atoms. The molecule has 1 aromatic rings. The van der Waals surface area contributed by atoms with Crippen LogP contribution >= 0.6 is 11.6 Å². The highest BCUT2D eigenvalue weighted by molar-refractivity contribution is 6.28. The van der Waals surface area contributed by atoms with E-state index in [1.54, 1.807) is 6.07 Å². The van der Waals surface area contributed by atoms with Gasteiger partial charge in [0.05, 0.1) is 0 Å². The van der Waals surface area contributed by atoms with Crippen molar-refractivity contribution in [1.82, 2.24) is 0 Å². The van der Waals surface area contributed by atoms with Crippen molar-refractivity contribution in [3.8, 4) is 0 Å². The van der Waals surface area contributed by atoms with E-state index in [2.05, 4.69) is 6.92 Å². The molecule has 1 nitrogen and oxygen atoms in total. The van der Waals surface area contributed by atoms with Gasteiger partial charge in [-0.1, -0.05) is 0 Å². The van der Waals surface area contributed by atoms with Gasteiger partial charge in [-0.25, -0.2) is 0 Å². The molecule has 2 heteroatoms. The third-order valence-electron chi connectivity index (χ3n) is 0.875. The summed E-state index contributed by atoms with van der Waals surface area (Å²) in [5.41, 5.74) is 0. The Labute approximate surface area is 53.3 Å². The second-order valence-corrected chi connectivity index (χ2v) is 1.83. The molecular weight excluding hydrogens is 124 g/mol. The monoisotopic (exact) mass is 129 g/mol. The van der Waals surface area contributed by atoms with Crippen molar-refractivity contribution in [2.24, 2.45) is 0 Å². The summed E-state index contributed by atoms with van der Waals surface area (Å²) in [7, 11) is 0. The van der Waals surface area contributed by atoms with Gasteiger partial charge in [0.1, 0.15) is 5.76 Å². The Morgan fingerprint density at radius 3 is 2.62 bits per heavy atom. The van der Waals surface area contributed by atoms with Gasteiger partial charge in [-0.05, 0) is 30.7 Å². The topological polar surface area (TPSA) is 13.1 Å². The van der Waals surface area contributed by atoms with Crippen LogP contribution in [0.3, 0.4) is 0 Å². The molecule has 0 aromatic carbocycles. The van der Waals surface area contributed by atoms with Crippen LogP contribution in [0.25, 0.3) is 0 Å². The fourth-order valence-corrected chi connectivity index (χ4v) is 0.648. The number of halogens is 1. The molecule has 0 saturated heterocycles. The fourth-order valence-electron chi connectivity index (χ4n) is 0.486. The number of furan rings is 1. The van der Waals surface area contributed by atoms with Gasteiger partial charge >= 0.3 is 0 Å². The molecule has 0 atom stereocenters. The maximum atomic E-state index is 5.44. The maximum Gasteiger partial charge on any atom is 0.193 e. The van der Waals surface area contributed by atoms with E-state index in [0.717, 1.165) is 5.76 Å². The smallest absolute Gasteiger partial charge is 0.193 e. The summed E-state index contributed by atoms with van der Waals surface area (Å²) in [4.78, 5) is 0. The lowest BCUT2D eigenvalue weighted by Gasteiger charge is -1.81. The van der Waals surface area contributed by atoms with Gasteiger partial charge in [-0.15, -0.1) is 0 Å². The maximum absolute atomic E-state index is 5.44. The highest BCUT2D eigenvalue weighted by atomic mass is 35.5. The first kappa shape index (κ1) is 5.70. The molecule has 1 aromatic heterocycles. The highest BCUT2D eigenvalue weighted by Crippen LogP contribution is 2.12. The molecule has 1 heterocycles. The number of rotatable bonds is 1. The van der Waals surface area contributed by atoms with Gasteiger partial charge in [0.2, 0.25) is 0 Å². The van der Waals surface area contributed by atoms with Crippen LogP contribution in [0.4, 0.5) is 0 Å². The first-order chi connectivity index (χ1) is 3.83. The van der Waals surface area contributed by atoms with E-state index in [1.165, 1.54) is 0 Å². The van der Waals surface area contributed by atoms with E-state index in [1.807, 2.05) is 6.07 Å². The summed E-state index contributed by atoms with van der Waals surface area (Å²) in [6.45, 7) is 3.62. The summed E-state index contributed by atoms with van der Waals surface area (Å²) in [6.07, 6.45) is 0.659. The third-order valence-corrected chi connectivity index (χ3v) is 1.08. The highest BCUT2D eigenvalue weighted by Gasteiger charge is 1.93. The summed E-state index contributed by atoms with van der Waals surface area (Å²) in [6, 6.07) is 3.53. The van der Waals surface area contributed by atoms with Crippen LogP contribution in [0, 0.1) is 6.92 Å². The predicted octanol–water partition coefficient (Wildman–Crippen LogP) is 2.31. The normalized spacial score (nSPS) is 9.75. The van der Waals surface area contributed by atoms with Gasteiger partial charge in [0, 0.05) is 6.42 Å². The Bertz CT molecular complexity index is 169. The van der Waals surface area contributed by atoms with Crippen molar-refractivity contribution in [3.05, 3.63) is 30.0 Å². The molecule has 0 aliphatic rings. The van der Waals surface area contributed by atoms with E-state index in [0.29, 0.717) is 11.6 Å². The molecule has 0 aliphatic carbocycles. The summed E-state index contributed by atoms with van der Waals surface area (Å²) < 4.78 is 4.94. The zero-order valence-electron chi connectivity index (χ0n) is 4.36. The van der Waals surface area contributed by atoms with Crippen molar-refractivity contribution in [1.29, 1.82) is 0 Å². The average Bonchev–Trinajstić information content (AvgIpc) is 2.14. The van der Waals surface area contributed by atoms with Gasteiger partial charge < -0.3 is 4.42 Å². The van der Waals surface area contributed by atoms with E-state index in [-0.39, 0.29) is 0 Å². The molecule has 0 aliphatic heterocycles. The number of hydrogen-bond acceptors (Lipinski definition) is 1. The van der Waals surface area contributed by atoms with Crippen molar-refractivity contribution in [2.45, 2.75) is 6.42 Å². The van der Waals surface area contributed by atoms with Gasteiger partial charge in [0.25, 0.3) is 0 Å². The molecule has 0 bridgehead atoms. The zero-order chi connectivity index (χ0) is 5.98. The Morgan fingerprint density at radius 2 is 2.38 bits per heavy atom. The molecule has 0 fully saturated rings. The van der Waals surface area contributed by atoms with Crippen molar-refractivity contribution < 1.29 is 4.42 Å². The quantitative estimate of drug-likeness (QED) is 0.567. The molecule has 1 rings (SSSR count). The first-order valence-electron chi connectivity index (χ1n) is 2.36. The van der Waals surface area contributed by atoms with Crippen LogP contribution in [-0.2, 0) is 6.42 Å².